The van der Waals surface area contributed by atoms with Crippen LogP contribution in [0.1, 0.15) is 6.42 Å². The number of carboxylic acids is 1. The third-order valence-corrected chi connectivity index (χ3v) is 1.81. The second kappa shape index (κ2) is 3.19. The van der Waals surface area contributed by atoms with Crippen molar-refractivity contribution in [1.82, 2.24) is 0 Å². The minimum absolute atomic E-state index is 0.424. The third kappa shape index (κ3) is 1.90. The molecule has 0 saturated carbocycles. The van der Waals surface area contributed by atoms with Crippen molar-refractivity contribution >= 4 is 26.5 Å². The molecule has 0 fully saturated rings. The van der Waals surface area contributed by atoms with Crippen LogP contribution in [0.3, 0.4) is 0 Å². The molecule has 1 aliphatic heterocycles. The van der Waals surface area contributed by atoms with Crippen molar-refractivity contribution in [3.05, 3.63) is 0 Å². The molecule has 11 heavy (non-hydrogen) atoms. The molecule has 1 heterocycles. The second-order valence-electron chi connectivity index (χ2n) is 2.18. The molecule has 0 saturated heterocycles. The minimum atomic E-state index is -1.08. The molecule has 2 atom stereocenters. The Bertz CT molecular complexity index is 206. The summed E-state index contributed by atoms with van der Waals surface area (Å²) >= 11 is 3.07. The Kier molecular flexibility index (Phi) is 2.45. The molecule has 0 spiro atoms. The largest absolute Gasteiger partial charge is 0.480 e. The lowest BCUT2D eigenvalue weighted by molar-refractivity contribution is -0.141. The van der Waals surface area contributed by atoms with E-state index in [2.05, 4.69) is 21.1 Å². The van der Waals surface area contributed by atoms with Crippen molar-refractivity contribution in [1.29, 1.82) is 0 Å². The Hall–Kier alpha value is -0.620. The predicted molar refractivity (Wildman–Crippen MR) is 41.5 cm³/mol. The van der Waals surface area contributed by atoms with Crippen LogP contribution in [-0.2, 0) is 9.63 Å². The van der Waals surface area contributed by atoms with Gasteiger partial charge in [-0.05, 0) is 15.9 Å². The Labute approximate surface area is 71.3 Å². The lowest BCUT2D eigenvalue weighted by atomic mass is 10.1. The van der Waals surface area contributed by atoms with Crippen LogP contribution in [0.4, 0.5) is 0 Å². The molecule has 0 radical (unpaired) electrons. The maximum absolute atomic E-state index is 10.3. The molecule has 0 aromatic heterocycles. The van der Waals surface area contributed by atoms with Crippen molar-refractivity contribution in [2.75, 3.05) is 0 Å². The monoisotopic (exact) mass is 222 g/mol. The number of carbonyl (C=O) groups is 1. The molecular weight excluding hydrogens is 216 g/mol. The first kappa shape index (κ1) is 8.48. The fourth-order valence-electron chi connectivity index (χ4n) is 0.717. The molecule has 0 aromatic carbocycles. The van der Waals surface area contributed by atoms with Gasteiger partial charge in [-0.2, -0.15) is 0 Å². The number of hydrogen-bond acceptors (Lipinski definition) is 4. The fourth-order valence-corrected chi connectivity index (χ4v) is 1.12. The quantitative estimate of drug-likeness (QED) is 0.684. The molecule has 62 valence electrons. The van der Waals surface area contributed by atoms with Crippen molar-refractivity contribution in [3.63, 3.8) is 0 Å². The van der Waals surface area contributed by atoms with Gasteiger partial charge in [-0.3, -0.25) is 4.79 Å². The molecular formula is C5H7BrN2O3. The topological polar surface area (TPSA) is 84.9 Å². The number of nitrogens with zero attached hydrogens (tertiary/aromatic N) is 1. The summed E-state index contributed by atoms with van der Waals surface area (Å²) in [5, 5.41) is 12.0. The summed E-state index contributed by atoms with van der Waals surface area (Å²) in [5.41, 5.74) is 5.27. The number of rotatable bonds is 2. The smallest absolute Gasteiger partial charge is 0.324 e. The number of hydrogen-bond donors (Lipinski definition) is 2. The normalized spacial score (nSPS) is 25.6. The summed E-state index contributed by atoms with van der Waals surface area (Å²) in [7, 11) is 0. The summed E-state index contributed by atoms with van der Waals surface area (Å²) in [6.07, 6.45) is -0.116. The van der Waals surface area contributed by atoms with E-state index in [1.807, 2.05) is 0 Å². The molecule has 3 N–H and O–H groups in total. The van der Waals surface area contributed by atoms with Crippen LogP contribution in [0, 0.1) is 0 Å². The van der Waals surface area contributed by atoms with Crippen molar-refractivity contribution in [2.24, 2.45) is 10.9 Å². The maximum Gasteiger partial charge on any atom is 0.324 e. The molecule has 0 amide bonds. The highest BCUT2D eigenvalue weighted by molar-refractivity contribution is 9.18. The van der Waals surface area contributed by atoms with E-state index in [1.54, 1.807) is 0 Å². The summed E-state index contributed by atoms with van der Waals surface area (Å²) < 4.78 is 0.596. The summed E-state index contributed by atoms with van der Waals surface area (Å²) in [6, 6.07) is -1.01. The van der Waals surface area contributed by atoms with E-state index in [1.165, 1.54) is 0 Å². The molecule has 0 aliphatic carbocycles. The van der Waals surface area contributed by atoms with Gasteiger partial charge in [0.05, 0.1) is 0 Å². The highest BCUT2D eigenvalue weighted by Crippen LogP contribution is 2.16. The van der Waals surface area contributed by atoms with Gasteiger partial charge < -0.3 is 15.7 Å². The van der Waals surface area contributed by atoms with Gasteiger partial charge in [-0.1, -0.05) is 5.16 Å². The Morgan fingerprint density at radius 1 is 2.00 bits per heavy atom. The zero-order valence-corrected chi connectivity index (χ0v) is 7.11. The van der Waals surface area contributed by atoms with E-state index in [0.29, 0.717) is 11.0 Å². The Morgan fingerprint density at radius 3 is 3.00 bits per heavy atom. The van der Waals surface area contributed by atoms with Crippen molar-refractivity contribution < 1.29 is 14.7 Å². The molecule has 0 bridgehead atoms. The van der Waals surface area contributed by atoms with Gasteiger partial charge in [-0.25, -0.2) is 0 Å². The van der Waals surface area contributed by atoms with Crippen LogP contribution in [0.5, 0.6) is 0 Å². The van der Waals surface area contributed by atoms with Crippen LogP contribution >= 0.6 is 15.9 Å². The standard InChI is InChI=1S/C5H7BrN2O3/c6-3-1-2(11-8-3)4(7)5(9)10/h2,4H,1,7H2,(H,9,10)/t2-,4-/m1/s1. The van der Waals surface area contributed by atoms with Crippen molar-refractivity contribution in [3.8, 4) is 0 Å². The predicted octanol–water partition coefficient (Wildman–Crippen LogP) is -0.104. The van der Waals surface area contributed by atoms with Gasteiger partial charge in [0, 0.05) is 6.42 Å². The first-order chi connectivity index (χ1) is 5.11. The van der Waals surface area contributed by atoms with E-state index in [9.17, 15) is 4.79 Å². The molecule has 1 aliphatic rings. The second-order valence-corrected chi connectivity index (χ2v) is 3.09. The van der Waals surface area contributed by atoms with Crippen molar-refractivity contribution in [2.45, 2.75) is 18.6 Å². The molecule has 6 heteroatoms. The fraction of sp³-hybridized carbons (Fsp3) is 0.600. The van der Waals surface area contributed by atoms with E-state index < -0.39 is 18.1 Å². The SMILES string of the molecule is N[C@@H](C(=O)O)[C@H]1CC(Br)=NO1. The first-order valence-corrected chi connectivity index (χ1v) is 3.77. The van der Waals surface area contributed by atoms with Crippen LogP contribution in [0.25, 0.3) is 0 Å². The van der Waals surface area contributed by atoms with Gasteiger partial charge in [0.25, 0.3) is 0 Å². The highest BCUT2D eigenvalue weighted by Gasteiger charge is 2.30. The zero-order valence-electron chi connectivity index (χ0n) is 5.53. The van der Waals surface area contributed by atoms with Gasteiger partial charge in [0.2, 0.25) is 0 Å². The maximum atomic E-state index is 10.3. The summed E-state index contributed by atoms with van der Waals surface area (Å²) in [5.74, 6) is -1.08. The number of halogens is 1. The number of oxime groups is 1. The number of nitrogens with two attached hydrogens (primary N) is 1. The molecule has 0 unspecified atom stereocenters. The van der Waals surface area contributed by atoms with E-state index in [-0.39, 0.29) is 0 Å². The van der Waals surface area contributed by atoms with Crippen LogP contribution in [0.2, 0.25) is 0 Å². The van der Waals surface area contributed by atoms with E-state index in [0.717, 1.165) is 0 Å². The highest BCUT2D eigenvalue weighted by atomic mass is 79.9. The molecule has 0 aromatic rings. The number of carboxylic acid groups (broad SMARTS) is 1. The average molecular weight is 223 g/mol. The minimum Gasteiger partial charge on any atom is -0.480 e. The van der Waals surface area contributed by atoms with Crippen LogP contribution in [0.15, 0.2) is 5.16 Å². The average Bonchev–Trinajstić information content (AvgIpc) is 2.34. The van der Waals surface area contributed by atoms with E-state index >= 15 is 0 Å². The summed E-state index contributed by atoms with van der Waals surface area (Å²) in [4.78, 5) is 15.0. The van der Waals surface area contributed by atoms with Gasteiger partial charge >= 0.3 is 5.97 Å². The van der Waals surface area contributed by atoms with Gasteiger partial charge in [-0.15, -0.1) is 0 Å². The summed E-state index contributed by atoms with van der Waals surface area (Å²) in [6.45, 7) is 0. The lowest BCUT2D eigenvalue weighted by Gasteiger charge is -2.11. The zero-order chi connectivity index (χ0) is 8.43. The van der Waals surface area contributed by atoms with Crippen LogP contribution < -0.4 is 5.73 Å². The van der Waals surface area contributed by atoms with Crippen LogP contribution in [-0.4, -0.2) is 27.8 Å². The van der Waals surface area contributed by atoms with Gasteiger partial charge in [0.1, 0.15) is 10.7 Å². The van der Waals surface area contributed by atoms with Gasteiger partial charge in [0.15, 0.2) is 6.10 Å². The number of aliphatic carboxylic acids is 1. The Morgan fingerprint density at radius 2 is 2.64 bits per heavy atom. The lowest BCUT2D eigenvalue weighted by Crippen LogP contribution is -2.41. The third-order valence-electron chi connectivity index (χ3n) is 1.34. The first-order valence-electron chi connectivity index (χ1n) is 2.98. The molecule has 1 rings (SSSR count). The van der Waals surface area contributed by atoms with E-state index in [4.69, 9.17) is 15.7 Å². The molecule has 5 nitrogen and oxygen atoms in total. The Balaban J connectivity index is 2.47.